The molecule has 0 aromatic carbocycles. The van der Waals surface area contributed by atoms with Gasteiger partial charge in [-0.1, -0.05) is 12.8 Å². The number of carbonyl (C=O) groups is 2. The fraction of sp³-hybridized carbons (Fsp3) is 0.846. The van der Waals surface area contributed by atoms with Crippen molar-refractivity contribution in [3.05, 3.63) is 0 Å². The van der Waals surface area contributed by atoms with Crippen LogP contribution in [0.5, 0.6) is 0 Å². The maximum Gasteiger partial charge on any atom is 0.303 e. The minimum atomic E-state index is -0.810. The van der Waals surface area contributed by atoms with E-state index in [9.17, 15) is 9.59 Å². The summed E-state index contributed by atoms with van der Waals surface area (Å²) >= 11 is 0. The quantitative estimate of drug-likeness (QED) is 0.816. The Balaban J connectivity index is 1.81. The van der Waals surface area contributed by atoms with Crippen LogP contribution in [-0.2, 0) is 9.59 Å². The van der Waals surface area contributed by atoms with Gasteiger partial charge < -0.3 is 10.0 Å². The van der Waals surface area contributed by atoms with Crippen molar-refractivity contribution in [2.45, 2.75) is 57.4 Å². The molecule has 0 aromatic rings. The number of nitrogens with zero attached hydrogens (tertiary/aromatic N) is 1. The zero-order chi connectivity index (χ0) is 12.3. The molecule has 96 valence electrons. The van der Waals surface area contributed by atoms with Crippen molar-refractivity contribution in [2.75, 3.05) is 6.54 Å². The first-order valence-corrected chi connectivity index (χ1v) is 6.70. The molecule has 1 amide bonds. The summed E-state index contributed by atoms with van der Waals surface area (Å²) in [5.41, 5.74) is 0. The van der Waals surface area contributed by atoms with Gasteiger partial charge in [0.1, 0.15) is 0 Å². The molecular formula is C13H21NO3. The summed E-state index contributed by atoms with van der Waals surface area (Å²) in [5.74, 6) is 0.0718. The first-order valence-electron chi connectivity index (χ1n) is 6.70. The lowest BCUT2D eigenvalue weighted by Crippen LogP contribution is -2.39. The van der Waals surface area contributed by atoms with E-state index in [1.807, 2.05) is 4.90 Å². The van der Waals surface area contributed by atoms with E-state index in [1.165, 1.54) is 19.3 Å². The van der Waals surface area contributed by atoms with Crippen LogP contribution < -0.4 is 0 Å². The van der Waals surface area contributed by atoms with Crippen LogP contribution in [0.4, 0.5) is 0 Å². The van der Waals surface area contributed by atoms with Crippen LogP contribution in [0.1, 0.15) is 51.4 Å². The number of fused-ring (bicyclic) bond motifs is 1. The standard InChI is InChI=1S/C13H21NO3/c15-12(6-3-7-13(16)17)14-9-8-10-4-1-2-5-11(10)14/h10-11H,1-9H2,(H,16,17). The van der Waals surface area contributed by atoms with Gasteiger partial charge in [0.2, 0.25) is 5.91 Å². The molecule has 2 atom stereocenters. The van der Waals surface area contributed by atoms with Gasteiger partial charge in [-0.05, 0) is 31.6 Å². The first-order chi connectivity index (χ1) is 8.18. The Labute approximate surface area is 102 Å². The highest BCUT2D eigenvalue weighted by Gasteiger charge is 2.37. The summed E-state index contributed by atoms with van der Waals surface area (Å²) in [6.07, 6.45) is 7.09. The van der Waals surface area contributed by atoms with Crippen molar-refractivity contribution in [1.29, 1.82) is 0 Å². The van der Waals surface area contributed by atoms with Gasteiger partial charge in [0.25, 0.3) is 0 Å². The zero-order valence-electron chi connectivity index (χ0n) is 10.2. The summed E-state index contributed by atoms with van der Waals surface area (Å²) in [7, 11) is 0. The molecule has 0 radical (unpaired) electrons. The number of amides is 1. The van der Waals surface area contributed by atoms with Gasteiger partial charge in [-0.3, -0.25) is 9.59 Å². The largest absolute Gasteiger partial charge is 0.481 e. The third-order valence-electron chi connectivity index (χ3n) is 4.11. The van der Waals surface area contributed by atoms with Crippen LogP contribution in [-0.4, -0.2) is 34.5 Å². The highest BCUT2D eigenvalue weighted by molar-refractivity contribution is 5.77. The lowest BCUT2D eigenvalue weighted by Gasteiger charge is -2.31. The molecule has 1 saturated heterocycles. The smallest absolute Gasteiger partial charge is 0.303 e. The van der Waals surface area contributed by atoms with Crippen LogP contribution in [0.15, 0.2) is 0 Å². The Kier molecular flexibility index (Phi) is 4.02. The van der Waals surface area contributed by atoms with Crippen LogP contribution in [0.2, 0.25) is 0 Å². The Bertz CT molecular complexity index is 303. The molecule has 1 aliphatic carbocycles. The normalized spacial score (nSPS) is 27.9. The number of hydrogen-bond donors (Lipinski definition) is 1. The Morgan fingerprint density at radius 1 is 1.12 bits per heavy atom. The molecule has 4 nitrogen and oxygen atoms in total. The van der Waals surface area contributed by atoms with Crippen molar-refractivity contribution in [3.8, 4) is 0 Å². The summed E-state index contributed by atoms with van der Waals surface area (Å²) < 4.78 is 0. The summed E-state index contributed by atoms with van der Waals surface area (Å²) in [6, 6.07) is 0.459. The van der Waals surface area contributed by atoms with E-state index in [0.717, 1.165) is 19.4 Å². The summed E-state index contributed by atoms with van der Waals surface area (Å²) in [6.45, 7) is 0.890. The molecule has 0 bridgehead atoms. The van der Waals surface area contributed by atoms with Gasteiger partial charge in [0.15, 0.2) is 0 Å². The minimum absolute atomic E-state index is 0.105. The van der Waals surface area contributed by atoms with E-state index in [2.05, 4.69) is 0 Å². The molecule has 1 N–H and O–H groups in total. The zero-order valence-corrected chi connectivity index (χ0v) is 10.2. The summed E-state index contributed by atoms with van der Waals surface area (Å²) in [4.78, 5) is 24.4. The van der Waals surface area contributed by atoms with Gasteiger partial charge in [-0.2, -0.15) is 0 Å². The van der Waals surface area contributed by atoms with Crippen molar-refractivity contribution >= 4 is 11.9 Å². The molecule has 2 aliphatic rings. The first kappa shape index (κ1) is 12.4. The number of carbonyl (C=O) groups excluding carboxylic acids is 1. The highest BCUT2D eigenvalue weighted by atomic mass is 16.4. The molecule has 17 heavy (non-hydrogen) atoms. The predicted molar refractivity (Wildman–Crippen MR) is 63.6 cm³/mol. The van der Waals surface area contributed by atoms with Gasteiger partial charge in [0.05, 0.1) is 0 Å². The molecule has 2 rings (SSSR count). The van der Waals surface area contributed by atoms with E-state index < -0.39 is 5.97 Å². The summed E-state index contributed by atoms with van der Waals surface area (Å²) in [5, 5.41) is 8.55. The molecule has 1 aliphatic heterocycles. The molecule has 2 fully saturated rings. The second-order valence-electron chi connectivity index (χ2n) is 5.23. The molecule has 1 saturated carbocycles. The van der Waals surface area contributed by atoms with Crippen LogP contribution in [0.25, 0.3) is 0 Å². The minimum Gasteiger partial charge on any atom is -0.481 e. The van der Waals surface area contributed by atoms with Crippen molar-refractivity contribution < 1.29 is 14.7 Å². The number of hydrogen-bond acceptors (Lipinski definition) is 2. The topological polar surface area (TPSA) is 57.6 Å². The molecule has 0 aromatic heterocycles. The predicted octanol–water partition coefficient (Wildman–Crippen LogP) is 2.03. The fourth-order valence-corrected chi connectivity index (χ4v) is 3.25. The number of carboxylic acid groups (broad SMARTS) is 1. The fourth-order valence-electron chi connectivity index (χ4n) is 3.25. The van der Waals surface area contributed by atoms with Crippen molar-refractivity contribution in [3.63, 3.8) is 0 Å². The van der Waals surface area contributed by atoms with Crippen LogP contribution in [0, 0.1) is 5.92 Å². The van der Waals surface area contributed by atoms with E-state index in [4.69, 9.17) is 5.11 Å². The van der Waals surface area contributed by atoms with E-state index >= 15 is 0 Å². The van der Waals surface area contributed by atoms with Crippen molar-refractivity contribution in [1.82, 2.24) is 4.90 Å². The monoisotopic (exact) mass is 239 g/mol. The van der Waals surface area contributed by atoms with Crippen molar-refractivity contribution in [2.24, 2.45) is 5.92 Å². The van der Waals surface area contributed by atoms with E-state index in [1.54, 1.807) is 0 Å². The molecule has 2 unspecified atom stereocenters. The van der Waals surface area contributed by atoms with Crippen LogP contribution >= 0.6 is 0 Å². The lowest BCUT2D eigenvalue weighted by atomic mass is 9.85. The Morgan fingerprint density at radius 2 is 1.88 bits per heavy atom. The third kappa shape index (κ3) is 2.99. The molecule has 1 heterocycles. The number of likely N-dealkylation sites (tertiary alicyclic amines) is 1. The van der Waals surface area contributed by atoms with E-state index in [0.29, 0.717) is 24.8 Å². The third-order valence-corrected chi connectivity index (χ3v) is 4.11. The maximum atomic E-state index is 12.0. The van der Waals surface area contributed by atoms with Crippen LogP contribution in [0.3, 0.4) is 0 Å². The van der Waals surface area contributed by atoms with Gasteiger partial charge >= 0.3 is 5.97 Å². The van der Waals surface area contributed by atoms with Gasteiger partial charge in [0, 0.05) is 25.4 Å². The average Bonchev–Trinajstić information content (AvgIpc) is 2.72. The number of aliphatic carboxylic acids is 1. The molecular weight excluding hydrogens is 218 g/mol. The lowest BCUT2D eigenvalue weighted by molar-refractivity contribution is -0.137. The van der Waals surface area contributed by atoms with Gasteiger partial charge in [-0.25, -0.2) is 0 Å². The maximum absolute atomic E-state index is 12.0. The average molecular weight is 239 g/mol. The highest BCUT2D eigenvalue weighted by Crippen LogP contribution is 2.36. The molecule has 0 spiro atoms. The Morgan fingerprint density at radius 3 is 2.65 bits per heavy atom. The SMILES string of the molecule is O=C(O)CCCC(=O)N1CCC2CCCCC21. The second kappa shape index (κ2) is 5.52. The molecule has 4 heteroatoms. The van der Waals surface area contributed by atoms with Gasteiger partial charge in [-0.15, -0.1) is 0 Å². The van der Waals surface area contributed by atoms with E-state index in [-0.39, 0.29) is 12.3 Å². The number of rotatable bonds is 4. The number of carboxylic acids is 1. The Hall–Kier alpha value is -1.06. The second-order valence-corrected chi connectivity index (χ2v) is 5.23.